The summed E-state index contributed by atoms with van der Waals surface area (Å²) in [5.41, 5.74) is 2.73. The number of hydrogen-bond donors (Lipinski definition) is 2. The molecular formula is C37H38F3N7O3. The van der Waals surface area contributed by atoms with Gasteiger partial charge in [0.2, 0.25) is 11.8 Å². The maximum Gasteiger partial charge on any atom is 0.254 e. The number of anilines is 1. The van der Waals surface area contributed by atoms with Crippen LogP contribution in [0.25, 0.3) is 22.0 Å². The van der Waals surface area contributed by atoms with E-state index in [1.807, 2.05) is 17.1 Å². The third-order valence-electron chi connectivity index (χ3n) is 9.54. The number of nitrogens with one attached hydrogen (secondary N) is 2. The van der Waals surface area contributed by atoms with Crippen molar-refractivity contribution >= 4 is 22.8 Å². The fourth-order valence-electron chi connectivity index (χ4n) is 6.60. The van der Waals surface area contributed by atoms with Gasteiger partial charge in [-0.1, -0.05) is 24.3 Å². The first-order valence-corrected chi connectivity index (χ1v) is 16.8. The second-order valence-electron chi connectivity index (χ2n) is 12.8. The average Bonchev–Trinajstić information content (AvgIpc) is 3.60. The second kappa shape index (κ2) is 14.8. The van der Waals surface area contributed by atoms with Gasteiger partial charge in [0, 0.05) is 62.3 Å². The van der Waals surface area contributed by atoms with Crippen LogP contribution in [0.2, 0.25) is 0 Å². The van der Waals surface area contributed by atoms with E-state index in [1.54, 1.807) is 24.3 Å². The van der Waals surface area contributed by atoms with Crippen LogP contribution in [0, 0.1) is 23.4 Å². The number of halogens is 3. The monoisotopic (exact) mass is 685 g/mol. The van der Waals surface area contributed by atoms with Crippen LogP contribution < -0.4 is 25.0 Å². The summed E-state index contributed by atoms with van der Waals surface area (Å²) < 4.78 is 56.8. The van der Waals surface area contributed by atoms with Crippen LogP contribution in [0.3, 0.4) is 0 Å². The Morgan fingerprint density at radius 3 is 2.40 bits per heavy atom. The Hall–Kier alpha value is -5.17. The van der Waals surface area contributed by atoms with Gasteiger partial charge in [0.1, 0.15) is 12.4 Å². The Balaban J connectivity index is 0.920. The number of piperazine rings is 1. The van der Waals surface area contributed by atoms with E-state index >= 15 is 0 Å². The molecule has 1 aliphatic heterocycles. The Labute approximate surface area is 287 Å². The SMILES string of the molecule is COc1ccc(COc2c(F)cc(C(=O)NCC3CCC(n4cc5ccc(-c6cnc(N7CCNCC7)nc6)cc5n4)CC3)c(F)c2F)cc1. The summed E-state index contributed by atoms with van der Waals surface area (Å²) in [6.45, 7) is 3.70. The maximum absolute atomic E-state index is 14.9. The van der Waals surface area contributed by atoms with E-state index in [-0.39, 0.29) is 25.1 Å². The Kier molecular flexibility index (Phi) is 9.83. The smallest absolute Gasteiger partial charge is 0.254 e. The normalized spacial score (nSPS) is 17.9. The number of aromatic nitrogens is 4. The Bertz CT molecular complexity index is 1960. The first-order valence-electron chi connectivity index (χ1n) is 16.8. The van der Waals surface area contributed by atoms with E-state index in [2.05, 4.69) is 49.9 Å². The fourth-order valence-corrected chi connectivity index (χ4v) is 6.60. The van der Waals surface area contributed by atoms with Crippen LogP contribution in [0.15, 0.2) is 67.1 Å². The number of carbonyl (C=O) groups excluding carboxylic acids is 1. The summed E-state index contributed by atoms with van der Waals surface area (Å²) in [6, 6.07) is 13.7. The number of benzene rings is 3. The molecule has 5 aromatic rings. The summed E-state index contributed by atoms with van der Waals surface area (Å²) >= 11 is 0. The van der Waals surface area contributed by atoms with Gasteiger partial charge in [-0.25, -0.2) is 18.7 Å². The van der Waals surface area contributed by atoms with Crippen molar-refractivity contribution < 1.29 is 27.4 Å². The molecule has 3 heterocycles. The standard InChI is InChI=1S/C37H38F3N7O3/c1-49-29-10-4-24(5-11-29)22-50-35-31(38)17-30(33(39)34(35)40)36(48)42-18-23-2-8-28(9-3-23)47-21-26-7-6-25(16-32(26)45-47)27-19-43-37(44-20-27)46-14-12-41-13-15-46/h4-7,10-11,16-17,19-21,23,28,41H,2-3,8-9,12-15,18,22H2,1H3,(H,42,48). The van der Waals surface area contributed by atoms with Crippen molar-refractivity contribution in [3.63, 3.8) is 0 Å². The molecule has 0 spiro atoms. The summed E-state index contributed by atoms with van der Waals surface area (Å²) in [4.78, 5) is 24.2. The molecule has 7 rings (SSSR count). The topological polar surface area (TPSA) is 106 Å². The molecule has 0 unspecified atom stereocenters. The zero-order chi connectivity index (χ0) is 34.6. The van der Waals surface area contributed by atoms with Crippen molar-refractivity contribution in [3.8, 4) is 22.6 Å². The average molecular weight is 686 g/mol. The van der Waals surface area contributed by atoms with Crippen molar-refractivity contribution in [1.29, 1.82) is 0 Å². The summed E-state index contributed by atoms with van der Waals surface area (Å²) in [7, 11) is 1.52. The summed E-state index contributed by atoms with van der Waals surface area (Å²) in [5.74, 6) is -4.40. The van der Waals surface area contributed by atoms with E-state index < -0.39 is 34.7 Å². The van der Waals surface area contributed by atoms with E-state index in [0.29, 0.717) is 17.4 Å². The van der Waals surface area contributed by atoms with Gasteiger partial charge in [0.25, 0.3) is 5.91 Å². The number of fused-ring (bicyclic) bond motifs is 1. The Morgan fingerprint density at radius 1 is 0.940 bits per heavy atom. The molecule has 2 aliphatic rings. The predicted octanol–water partition coefficient (Wildman–Crippen LogP) is 6.07. The molecule has 1 amide bonds. The molecule has 1 saturated heterocycles. The minimum atomic E-state index is -1.54. The van der Waals surface area contributed by atoms with Gasteiger partial charge in [-0.2, -0.15) is 9.49 Å². The molecule has 13 heteroatoms. The summed E-state index contributed by atoms with van der Waals surface area (Å²) in [6.07, 6.45) is 9.10. The number of hydrogen-bond acceptors (Lipinski definition) is 8. The quantitative estimate of drug-likeness (QED) is 0.171. The summed E-state index contributed by atoms with van der Waals surface area (Å²) in [5, 5.41) is 11.9. The van der Waals surface area contributed by atoms with E-state index in [9.17, 15) is 18.0 Å². The highest BCUT2D eigenvalue weighted by Gasteiger charge is 2.27. The number of nitrogens with zero attached hydrogens (tertiary/aromatic N) is 5. The van der Waals surface area contributed by atoms with Gasteiger partial charge < -0.3 is 25.0 Å². The van der Waals surface area contributed by atoms with Crippen molar-refractivity contribution in [3.05, 3.63) is 95.7 Å². The Morgan fingerprint density at radius 2 is 1.68 bits per heavy atom. The minimum absolute atomic E-state index is 0.140. The predicted molar refractivity (Wildman–Crippen MR) is 183 cm³/mol. The van der Waals surface area contributed by atoms with E-state index in [4.69, 9.17) is 14.6 Å². The highest BCUT2D eigenvalue weighted by atomic mass is 19.2. The van der Waals surface area contributed by atoms with Crippen molar-refractivity contribution in [2.24, 2.45) is 5.92 Å². The van der Waals surface area contributed by atoms with Crippen molar-refractivity contribution in [2.45, 2.75) is 38.3 Å². The first-order chi connectivity index (χ1) is 24.4. The largest absolute Gasteiger partial charge is 0.497 e. The molecule has 3 aromatic carbocycles. The van der Waals surface area contributed by atoms with Crippen molar-refractivity contribution in [1.82, 2.24) is 30.4 Å². The lowest BCUT2D eigenvalue weighted by molar-refractivity contribution is 0.0935. The van der Waals surface area contributed by atoms with Gasteiger partial charge in [-0.15, -0.1) is 0 Å². The van der Waals surface area contributed by atoms with Crippen LogP contribution in [0.1, 0.15) is 47.6 Å². The lowest BCUT2D eigenvalue weighted by Crippen LogP contribution is -2.44. The van der Waals surface area contributed by atoms with Gasteiger partial charge in [-0.05, 0) is 67.0 Å². The highest BCUT2D eigenvalue weighted by Crippen LogP contribution is 2.34. The third kappa shape index (κ3) is 7.23. The molecule has 2 aromatic heterocycles. The molecule has 0 bridgehead atoms. The van der Waals surface area contributed by atoms with Crippen molar-refractivity contribution in [2.75, 3.05) is 44.7 Å². The van der Waals surface area contributed by atoms with E-state index in [1.165, 1.54) is 7.11 Å². The van der Waals surface area contributed by atoms with Gasteiger partial charge in [-0.3, -0.25) is 9.48 Å². The minimum Gasteiger partial charge on any atom is -0.497 e. The lowest BCUT2D eigenvalue weighted by Gasteiger charge is -2.28. The molecule has 2 fully saturated rings. The van der Waals surface area contributed by atoms with Crippen LogP contribution in [0.4, 0.5) is 19.1 Å². The molecule has 10 nitrogen and oxygen atoms in total. The second-order valence-corrected chi connectivity index (χ2v) is 12.8. The van der Waals surface area contributed by atoms with Gasteiger partial charge >= 0.3 is 0 Å². The maximum atomic E-state index is 14.9. The zero-order valence-corrected chi connectivity index (χ0v) is 27.7. The fraction of sp³-hybridized carbons (Fsp3) is 0.351. The van der Waals surface area contributed by atoms with E-state index in [0.717, 1.165) is 79.8 Å². The van der Waals surface area contributed by atoms with Gasteiger partial charge in [0.15, 0.2) is 17.4 Å². The molecule has 2 N–H and O–H groups in total. The molecule has 50 heavy (non-hydrogen) atoms. The molecule has 0 radical (unpaired) electrons. The zero-order valence-electron chi connectivity index (χ0n) is 27.7. The number of amides is 1. The highest BCUT2D eigenvalue weighted by molar-refractivity contribution is 5.94. The molecular weight excluding hydrogens is 647 g/mol. The van der Waals surface area contributed by atoms with Crippen LogP contribution in [-0.4, -0.2) is 65.5 Å². The van der Waals surface area contributed by atoms with Crippen LogP contribution >= 0.6 is 0 Å². The molecule has 0 atom stereocenters. The number of rotatable bonds is 10. The van der Waals surface area contributed by atoms with Crippen LogP contribution in [-0.2, 0) is 6.61 Å². The third-order valence-corrected chi connectivity index (χ3v) is 9.54. The van der Waals surface area contributed by atoms with Crippen LogP contribution in [0.5, 0.6) is 11.5 Å². The number of carbonyl (C=O) groups is 1. The van der Waals surface area contributed by atoms with Gasteiger partial charge in [0.05, 0.1) is 24.2 Å². The molecule has 260 valence electrons. The first kappa shape index (κ1) is 33.3. The number of ether oxygens (including phenoxy) is 2. The molecule has 1 saturated carbocycles. The number of methoxy groups -OCH3 is 1. The molecule has 1 aliphatic carbocycles. The lowest BCUT2D eigenvalue weighted by atomic mass is 9.86.